The summed E-state index contributed by atoms with van der Waals surface area (Å²) >= 11 is 0. The number of hydrogen-bond donors (Lipinski definition) is 1. The van der Waals surface area contributed by atoms with Crippen LogP contribution in [0.4, 0.5) is 0 Å². The highest BCUT2D eigenvalue weighted by Gasteiger charge is 2.24. The van der Waals surface area contributed by atoms with E-state index in [0.717, 1.165) is 24.8 Å². The number of hydrogen-bond acceptors (Lipinski definition) is 3. The second-order valence-corrected chi connectivity index (χ2v) is 5.85. The normalized spacial score (nSPS) is 16.1. The predicted molar refractivity (Wildman–Crippen MR) is 85.9 cm³/mol. The first kappa shape index (κ1) is 14.2. The fraction of sp³-hybridized carbons (Fsp3) is 0.389. The van der Waals surface area contributed by atoms with Gasteiger partial charge >= 0.3 is 0 Å². The first-order valence-electron chi connectivity index (χ1n) is 7.71. The Morgan fingerprint density at radius 3 is 2.57 bits per heavy atom. The molecule has 110 valence electrons. The summed E-state index contributed by atoms with van der Waals surface area (Å²) in [6.07, 6.45) is 4.51. The van der Waals surface area contributed by atoms with E-state index < -0.39 is 0 Å². The molecule has 1 atom stereocenters. The molecule has 1 aromatic heterocycles. The van der Waals surface area contributed by atoms with Gasteiger partial charge in [0, 0.05) is 31.4 Å². The van der Waals surface area contributed by atoms with Gasteiger partial charge < -0.3 is 5.32 Å². The lowest BCUT2D eigenvalue weighted by Gasteiger charge is -2.28. The maximum atomic E-state index is 4.44. The van der Waals surface area contributed by atoms with Crippen LogP contribution in [-0.4, -0.2) is 29.5 Å². The van der Waals surface area contributed by atoms with E-state index in [1.54, 1.807) is 0 Å². The fourth-order valence-electron chi connectivity index (χ4n) is 2.63. The lowest BCUT2D eigenvalue weighted by molar-refractivity contribution is 0.227. The topological polar surface area (TPSA) is 28.2 Å². The van der Waals surface area contributed by atoms with Crippen LogP contribution < -0.4 is 5.32 Å². The maximum Gasteiger partial charge on any atom is 0.0544 e. The van der Waals surface area contributed by atoms with Crippen molar-refractivity contribution in [1.82, 2.24) is 15.2 Å². The highest BCUT2D eigenvalue weighted by atomic mass is 15.2. The highest BCUT2D eigenvalue weighted by molar-refractivity contribution is 5.20. The Kier molecular flexibility index (Phi) is 4.63. The van der Waals surface area contributed by atoms with E-state index in [1.807, 2.05) is 12.3 Å². The molecular weight excluding hydrogens is 258 g/mol. The van der Waals surface area contributed by atoms with E-state index in [4.69, 9.17) is 0 Å². The number of nitrogens with zero attached hydrogens (tertiary/aromatic N) is 2. The molecule has 1 N–H and O–H groups in total. The molecule has 3 heteroatoms. The highest BCUT2D eigenvalue weighted by Crippen LogP contribution is 2.23. The minimum absolute atomic E-state index is 0.383. The van der Waals surface area contributed by atoms with Gasteiger partial charge in [-0.15, -0.1) is 0 Å². The Bertz CT molecular complexity index is 537. The zero-order valence-electron chi connectivity index (χ0n) is 12.6. The van der Waals surface area contributed by atoms with Gasteiger partial charge in [0.05, 0.1) is 5.69 Å². The van der Waals surface area contributed by atoms with Gasteiger partial charge in [0.2, 0.25) is 0 Å². The van der Waals surface area contributed by atoms with Crippen molar-refractivity contribution < 1.29 is 0 Å². The van der Waals surface area contributed by atoms with E-state index in [2.05, 4.69) is 64.7 Å². The number of aromatic nitrogens is 1. The largest absolute Gasteiger partial charge is 0.312 e. The van der Waals surface area contributed by atoms with Crippen molar-refractivity contribution in [2.45, 2.75) is 31.5 Å². The van der Waals surface area contributed by atoms with Crippen LogP contribution in [0, 0.1) is 0 Å². The van der Waals surface area contributed by atoms with E-state index >= 15 is 0 Å². The zero-order valence-corrected chi connectivity index (χ0v) is 12.6. The van der Waals surface area contributed by atoms with E-state index in [0.29, 0.717) is 6.04 Å². The first-order valence-corrected chi connectivity index (χ1v) is 7.71. The fourth-order valence-corrected chi connectivity index (χ4v) is 2.63. The third-order valence-corrected chi connectivity index (χ3v) is 4.03. The number of rotatable bonds is 7. The molecule has 3 rings (SSSR count). The Hall–Kier alpha value is -1.71. The molecule has 21 heavy (non-hydrogen) atoms. The maximum absolute atomic E-state index is 4.44. The summed E-state index contributed by atoms with van der Waals surface area (Å²) in [5.74, 6) is 0. The number of likely N-dealkylation sites (N-methyl/N-ethyl adjacent to an activating group) is 1. The van der Waals surface area contributed by atoms with Gasteiger partial charge in [0.25, 0.3) is 0 Å². The van der Waals surface area contributed by atoms with Crippen LogP contribution in [0.1, 0.15) is 30.1 Å². The lowest BCUT2D eigenvalue weighted by Crippen LogP contribution is -2.34. The van der Waals surface area contributed by atoms with E-state index in [9.17, 15) is 0 Å². The van der Waals surface area contributed by atoms with Gasteiger partial charge in [0.1, 0.15) is 0 Å². The van der Waals surface area contributed by atoms with Crippen LogP contribution in [0.2, 0.25) is 0 Å². The molecule has 1 aliphatic rings. The van der Waals surface area contributed by atoms with E-state index in [1.165, 1.54) is 18.4 Å². The van der Waals surface area contributed by atoms with Crippen LogP contribution in [0.15, 0.2) is 54.7 Å². The minimum Gasteiger partial charge on any atom is -0.312 e. The molecule has 2 aromatic rings. The third-order valence-electron chi connectivity index (χ3n) is 4.03. The minimum atomic E-state index is 0.383. The monoisotopic (exact) mass is 281 g/mol. The molecule has 0 saturated heterocycles. The van der Waals surface area contributed by atoms with Crippen molar-refractivity contribution >= 4 is 0 Å². The Morgan fingerprint density at radius 2 is 1.90 bits per heavy atom. The molecule has 0 bridgehead atoms. The molecule has 1 fully saturated rings. The van der Waals surface area contributed by atoms with Gasteiger partial charge in [-0.1, -0.05) is 36.4 Å². The van der Waals surface area contributed by atoms with Crippen molar-refractivity contribution in [2.24, 2.45) is 0 Å². The Labute approximate surface area is 127 Å². The molecule has 1 saturated carbocycles. The summed E-state index contributed by atoms with van der Waals surface area (Å²) in [7, 11) is 2.18. The summed E-state index contributed by atoms with van der Waals surface area (Å²) in [4.78, 5) is 6.82. The number of nitrogens with one attached hydrogen (secondary N) is 1. The van der Waals surface area contributed by atoms with Crippen LogP contribution >= 0.6 is 0 Å². The molecule has 3 nitrogen and oxygen atoms in total. The van der Waals surface area contributed by atoms with Gasteiger partial charge in [-0.25, -0.2) is 0 Å². The predicted octanol–water partition coefficient (Wildman–Crippen LogP) is 3.01. The van der Waals surface area contributed by atoms with Crippen LogP contribution in [-0.2, 0) is 6.54 Å². The molecule has 0 radical (unpaired) electrons. The quantitative estimate of drug-likeness (QED) is 0.845. The van der Waals surface area contributed by atoms with Crippen molar-refractivity contribution in [3.8, 4) is 0 Å². The SMILES string of the molecule is CN(Cc1ccccn1)C(CNC1CC1)c1ccccc1. The number of pyridine rings is 1. The molecular formula is C18H23N3. The number of benzene rings is 1. The standard InChI is InChI=1S/C18H23N3/c1-21(14-17-9-5-6-12-19-17)18(13-20-16-10-11-16)15-7-3-2-4-8-15/h2-9,12,16,18,20H,10-11,13-14H2,1H3. The van der Waals surface area contributed by atoms with Gasteiger partial charge in [0.15, 0.2) is 0 Å². The second-order valence-electron chi connectivity index (χ2n) is 5.85. The van der Waals surface area contributed by atoms with Crippen LogP contribution in [0.5, 0.6) is 0 Å². The molecule has 1 aliphatic carbocycles. The Morgan fingerprint density at radius 1 is 1.14 bits per heavy atom. The smallest absolute Gasteiger partial charge is 0.0544 e. The molecule has 1 aromatic carbocycles. The summed E-state index contributed by atoms with van der Waals surface area (Å²) < 4.78 is 0. The zero-order chi connectivity index (χ0) is 14.5. The molecule has 0 spiro atoms. The van der Waals surface area contributed by atoms with Crippen LogP contribution in [0.3, 0.4) is 0 Å². The molecule has 0 amide bonds. The Balaban J connectivity index is 1.70. The van der Waals surface area contributed by atoms with Crippen molar-refractivity contribution in [3.05, 3.63) is 66.0 Å². The van der Waals surface area contributed by atoms with Crippen LogP contribution in [0.25, 0.3) is 0 Å². The van der Waals surface area contributed by atoms with Gasteiger partial charge in [-0.05, 0) is 37.6 Å². The summed E-state index contributed by atoms with van der Waals surface area (Å²) in [5, 5.41) is 3.66. The van der Waals surface area contributed by atoms with Crippen molar-refractivity contribution in [3.63, 3.8) is 0 Å². The summed E-state index contributed by atoms with van der Waals surface area (Å²) in [6.45, 7) is 1.87. The lowest BCUT2D eigenvalue weighted by atomic mass is 10.1. The third kappa shape index (κ3) is 4.13. The average Bonchev–Trinajstić information content (AvgIpc) is 3.34. The first-order chi connectivity index (χ1) is 10.3. The molecule has 1 heterocycles. The van der Waals surface area contributed by atoms with E-state index in [-0.39, 0.29) is 0 Å². The van der Waals surface area contributed by atoms with Gasteiger partial charge in [-0.2, -0.15) is 0 Å². The summed E-state index contributed by atoms with van der Waals surface area (Å²) in [5.41, 5.74) is 2.48. The second kappa shape index (κ2) is 6.83. The molecule has 0 aliphatic heterocycles. The average molecular weight is 281 g/mol. The van der Waals surface area contributed by atoms with Gasteiger partial charge in [-0.3, -0.25) is 9.88 Å². The summed E-state index contributed by atoms with van der Waals surface area (Å²) in [6, 6.07) is 18.0. The molecule has 1 unspecified atom stereocenters. The van der Waals surface area contributed by atoms with Crippen molar-refractivity contribution in [1.29, 1.82) is 0 Å². The van der Waals surface area contributed by atoms with Crippen molar-refractivity contribution in [2.75, 3.05) is 13.6 Å².